The summed E-state index contributed by atoms with van der Waals surface area (Å²) in [5.41, 5.74) is 0. The van der Waals surface area contributed by atoms with Crippen LogP contribution in [0.1, 0.15) is 6.92 Å². The van der Waals surface area contributed by atoms with E-state index in [4.69, 9.17) is 8.37 Å². The van der Waals surface area contributed by atoms with Crippen molar-refractivity contribution >= 4 is 20.4 Å². The van der Waals surface area contributed by atoms with E-state index < -0.39 is 20.4 Å². The summed E-state index contributed by atoms with van der Waals surface area (Å²) >= 11 is 0. The summed E-state index contributed by atoms with van der Waals surface area (Å²) in [4.78, 5) is 0.798. The quantitative estimate of drug-likeness (QED) is 0.830. The molecule has 0 N–H and O–H groups in total. The van der Waals surface area contributed by atoms with Crippen molar-refractivity contribution in [1.82, 2.24) is 0 Å². The lowest BCUT2D eigenvalue weighted by Gasteiger charge is -2.30. The van der Waals surface area contributed by atoms with Gasteiger partial charge in [0.1, 0.15) is 5.75 Å². The van der Waals surface area contributed by atoms with Crippen LogP contribution in [0.5, 0.6) is 5.75 Å². The van der Waals surface area contributed by atoms with E-state index in [1.165, 1.54) is 0 Å². The van der Waals surface area contributed by atoms with Gasteiger partial charge in [0.25, 0.3) is 10.1 Å². The molecule has 6 heteroatoms. The first-order valence-electron chi connectivity index (χ1n) is 5.12. The molecule has 0 aliphatic rings. The molecule has 0 saturated heterocycles. The van der Waals surface area contributed by atoms with E-state index in [1.807, 2.05) is 31.2 Å². The Morgan fingerprint density at radius 1 is 1.12 bits per heavy atom. The minimum atomic E-state index is -3.48. The molecule has 0 aliphatic heterocycles. The van der Waals surface area contributed by atoms with Gasteiger partial charge < -0.3 is 4.74 Å². The van der Waals surface area contributed by atoms with Gasteiger partial charge in [-0.25, -0.2) is 3.63 Å². The normalized spacial score (nSPS) is 13.4. The lowest BCUT2D eigenvalue weighted by molar-refractivity contribution is 0.331. The van der Waals surface area contributed by atoms with Crippen LogP contribution in [0.25, 0.3) is 0 Å². The molecule has 1 rings (SSSR count). The number of ether oxygens (including phenoxy) is 1. The second-order valence-corrected chi connectivity index (χ2v) is 8.74. The van der Waals surface area contributed by atoms with E-state index >= 15 is 0 Å². The van der Waals surface area contributed by atoms with Crippen LogP contribution in [0.3, 0.4) is 0 Å². The number of para-hydroxylation sites is 1. The summed E-state index contributed by atoms with van der Waals surface area (Å²) in [7, 11) is -5.36. The molecule has 0 radical (unpaired) electrons. The summed E-state index contributed by atoms with van der Waals surface area (Å²) in [6, 6.07) is 7.35. The second-order valence-electron chi connectivity index (χ2n) is 3.89. The molecule has 0 unspecified atom stereocenters. The molecule has 98 valence electrons. The standard InChI is InChI=1S/C11H18O4S2/c1-5-14-10-8-6-7-9-11(10)16(2,3)15-17(4,12)13/h6-9H,5H2,1-4H3. The molecule has 0 bridgehead atoms. The highest BCUT2D eigenvalue weighted by Crippen LogP contribution is 2.54. The van der Waals surface area contributed by atoms with Gasteiger partial charge in [-0.2, -0.15) is 8.42 Å². The lowest BCUT2D eigenvalue weighted by Crippen LogP contribution is -2.10. The van der Waals surface area contributed by atoms with Gasteiger partial charge in [0.05, 0.1) is 17.8 Å². The first-order valence-corrected chi connectivity index (χ1v) is 9.31. The fraction of sp³-hybridized carbons (Fsp3) is 0.455. The Kier molecular flexibility index (Phi) is 4.46. The zero-order valence-electron chi connectivity index (χ0n) is 10.5. The van der Waals surface area contributed by atoms with Crippen molar-refractivity contribution in [3.8, 4) is 5.75 Å². The number of rotatable bonds is 5. The third-order valence-corrected chi connectivity index (χ3v) is 5.72. The summed E-state index contributed by atoms with van der Waals surface area (Å²) < 4.78 is 33.2. The maximum Gasteiger partial charge on any atom is 0.273 e. The summed E-state index contributed by atoms with van der Waals surface area (Å²) in [5, 5.41) is 0. The van der Waals surface area contributed by atoms with E-state index in [0.717, 1.165) is 11.2 Å². The second kappa shape index (κ2) is 5.29. The Morgan fingerprint density at radius 3 is 2.24 bits per heavy atom. The van der Waals surface area contributed by atoms with E-state index in [0.29, 0.717) is 12.4 Å². The van der Waals surface area contributed by atoms with Gasteiger partial charge in [-0.05, 0) is 31.6 Å². The first kappa shape index (κ1) is 14.3. The van der Waals surface area contributed by atoms with E-state index in [9.17, 15) is 8.42 Å². The van der Waals surface area contributed by atoms with Gasteiger partial charge in [0, 0.05) is 0 Å². The molecule has 0 amide bonds. The van der Waals surface area contributed by atoms with Crippen molar-refractivity contribution < 1.29 is 16.8 Å². The third kappa shape index (κ3) is 4.22. The highest BCUT2D eigenvalue weighted by atomic mass is 32.3. The van der Waals surface area contributed by atoms with Gasteiger partial charge in [-0.15, -0.1) is 0 Å². The Balaban J connectivity index is 3.13. The van der Waals surface area contributed by atoms with Crippen LogP contribution in [-0.2, 0) is 13.7 Å². The van der Waals surface area contributed by atoms with Crippen LogP contribution < -0.4 is 4.74 Å². The monoisotopic (exact) mass is 278 g/mol. The summed E-state index contributed by atoms with van der Waals surface area (Å²) in [6.07, 6.45) is 4.63. The van der Waals surface area contributed by atoms with Crippen LogP contribution in [-0.4, -0.2) is 33.8 Å². The fourth-order valence-corrected chi connectivity index (χ4v) is 5.26. The van der Waals surface area contributed by atoms with Crippen molar-refractivity contribution in [2.45, 2.75) is 11.8 Å². The topological polar surface area (TPSA) is 52.6 Å². The average Bonchev–Trinajstić information content (AvgIpc) is 2.15. The van der Waals surface area contributed by atoms with Crippen molar-refractivity contribution in [2.75, 3.05) is 25.4 Å². The van der Waals surface area contributed by atoms with Crippen molar-refractivity contribution in [3.63, 3.8) is 0 Å². The van der Waals surface area contributed by atoms with Crippen LogP contribution in [0.15, 0.2) is 29.2 Å². The molecule has 0 heterocycles. The first-order chi connectivity index (χ1) is 7.76. The smallest absolute Gasteiger partial charge is 0.273 e. The Bertz CT molecular complexity index is 480. The highest BCUT2D eigenvalue weighted by Gasteiger charge is 2.24. The molecule has 0 aliphatic carbocycles. The fourth-order valence-electron chi connectivity index (χ4n) is 1.48. The Hall–Kier alpha value is -0.720. The SMILES string of the molecule is CCOc1ccccc1S(C)(C)OS(C)(=O)=O. The van der Waals surface area contributed by atoms with Crippen LogP contribution in [0, 0.1) is 0 Å². The van der Waals surface area contributed by atoms with Crippen LogP contribution in [0.4, 0.5) is 0 Å². The summed E-state index contributed by atoms with van der Waals surface area (Å²) in [6.45, 7) is 2.42. The zero-order chi connectivity index (χ0) is 13.1. The van der Waals surface area contributed by atoms with Crippen LogP contribution >= 0.6 is 10.3 Å². The highest BCUT2D eigenvalue weighted by molar-refractivity contribution is 8.32. The number of hydrogen-bond donors (Lipinski definition) is 0. The van der Waals surface area contributed by atoms with Crippen molar-refractivity contribution in [1.29, 1.82) is 0 Å². The molecule has 0 saturated carbocycles. The molecular formula is C11H18O4S2. The average molecular weight is 278 g/mol. The predicted molar refractivity (Wildman–Crippen MR) is 71.2 cm³/mol. The lowest BCUT2D eigenvalue weighted by atomic mass is 10.3. The predicted octanol–water partition coefficient (Wildman–Crippen LogP) is 2.40. The molecule has 4 nitrogen and oxygen atoms in total. The van der Waals surface area contributed by atoms with Crippen molar-refractivity contribution in [2.24, 2.45) is 0 Å². The molecule has 0 fully saturated rings. The van der Waals surface area contributed by atoms with Gasteiger partial charge >= 0.3 is 0 Å². The summed E-state index contributed by atoms with van der Waals surface area (Å²) in [5.74, 6) is 0.679. The van der Waals surface area contributed by atoms with E-state index in [-0.39, 0.29) is 0 Å². The maximum atomic E-state index is 11.2. The maximum absolute atomic E-state index is 11.2. The zero-order valence-corrected chi connectivity index (χ0v) is 12.1. The minimum absolute atomic E-state index is 0.533. The Morgan fingerprint density at radius 2 is 1.71 bits per heavy atom. The largest absolute Gasteiger partial charge is 0.493 e. The molecule has 0 spiro atoms. The van der Waals surface area contributed by atoms with Gasteiger partial charge in [-0.1, -0.05) is 22.4 Å². The minimum Gasteiger partial charge on any atom is -0.493 e. The molecule has 0 atom stereocenters. The van der Waals surface area contributed by atoms with Gasteiger partial charge in [-0.3, -0.25) is 0 Å². The Labute approximate surface area is 105 Å². The van der Waals surface area contributed by atoms with E-state index in [2.05, 4.69) is 0 Å². The van der Waals surface area contributed by atoms with Crippen molar-refractivity contribution in [3.05, 3.63) is 24.3 Å². The third-order valence-electron chi connectivity index (χ3n) is 1.97. The van der Waals surface area contributed by atoms with Gasteiger partial charge in [0.15, 0.2) is 0 Å². The molecular weight excluding hydrogens is 260 g/mol. The number of benzene rings is 1. The molecule has 1 aromatic carbocycles. The van der Waals surface area contributed by atoms with Crippen LogP contribution in [0.2, 0.25) is 0 Å². The molecule has 0 aromatic heterocycles. The molecule has 17 heavy (non-hydrogen) atoms. The van der Waals surface area contributed by atoms with Gasteiger partial charge in [0.2, 0.25) is 0 Å². The number of hydrogen-bond acceptors (Lipinski definition) is 4. The van der Waals surface area contributed by atoms with E-state index in [1.54, 1.807) is 12.5 Å². The molecule has 1 aromatic rings.